The van der Waals surface area contributed by atoms with Crippen LogP contribution >= 0.6 is 0 Å². The van der Waals surface area contributed by atoms with Gasteiger partial charge in [-0.1, -0.05) is 6.07 Å². The van der Waals surface area contributed by atoms with Crippen molar-refractivity contribution in [2.45, 2.75) is 18.4 Å². The summed E-state index contributed by atoms with van der Waals surface area (Å²) >= 11 is 0. The van der Waals surface area contributed by atoms with Gasteiger partial charge in [0.25, 0.3) is 10.0 Å². The lowest BCUT2D eigenvalue weighted by molar-refractivity contribution is 0.0685. The van der Waals surface area contributed by atoms with Crippen molar-refractivity contribution in [1.29, 1.82) is 0 Å². The van der Waals surface area contributed by atoms with Crippen LogP contribution in [-0.4, -0.2) is 36.1 Å². The van der Waals surface area contributed by atoms with E-state index in [1.54, 1.807) is 25.1 Å². The summed E-state index contributed by atoms with van der Waals surface area (Å²) in [6.45, 7) is 2.11. The van der Waals surface area contributed by atoms with Crippen LogP contribution in [0, 0.1) is 0 Å². The van der Waals surface area contributed by atoms with Gasteiger partial charge in [-0.05, 0) is 25.1 Å². The first-order chi connectivity index (χ1) is 9.87. The molecular weight excluding hydrogens is 294 g/mol. The third-order valence-corrected chi connectivity index (χ3v) is 4.79. The largest absolute Gasteiger partial charge is 0.477 e. The molecule has 2 rings (SSSR count). The summed E-state index contributed by atoms with van der Waals surface area (Å²) in [5.74, 6) is -0.905. The van der Waals surface area contributed by atoms with Crippen molar-refractivity contribution >= 4 is 21.8 Å². The van der Waals surface area contributed by atoms with Crippen LogP contribution < -0.4 is 4.31 Å². The molecule has 8 heteroatoms. The zero-order chi connectivity index (χ0) is 15.6. The fourth-order valence-electron chi connectivity index (χ4n) is 1.89. The van der Waals surface area contributed by atoms with Gasteiger partial charge in [-0.3, -0.25) is 4.31 Å². The lowest BCUT2D eigenvalue weighted by Gasteiger charge is -2.17. The van der Waals surface area contributed by atoms with Gasteiger partial charge in [0.05, 0.1) is 0 Å². The van der Waals surface area contributed by atoms with Crippen molar-refractivity contribution in [3.8, 4) is 0 Å². The first-order valence-corrected chi connectivity index (χ1v) is 7.65. The SMILES string of the molecule is CCn1cc(S(=O)(=O)N(C)c2ccccn2)cc1C(=O)O. The van der Waals surface area contributed by atoms with Gasteiger partial charge in [-0.2, -0.15) is 0 Å². The molecular formula is C13H15N3O4S. The molecule has 0 unspecified atom stereocenters. The topological polar surface area (TPSA) is 92.5 Å². The van der Waals surface area contributed by atoms with Crippen molar-refractivity contribution in [3.05, 3.63) is 42.4 Å². The molecule has 0 aliphatic carbocycles. The molecule has 0 radical (unpaired) electrons. The van der Waals surface area contributed by atoms with E-state index in [0.717, 1.165) is 10.4 Å². The second kappa shape index (κ2) is 5.57. The average Bonchev–Trinajstić information content (AvgIpc) is 2.92. The molecule has 112 valence electrons. The Hall–Kier alpha value is -2.35. The van der Waals surface area contributed by atoms with Crippen LogP contribution in [0.2, 0.25) is 0 Å². The van der Waals surface area contributed by atoms with E-state index in [1.807, 2.05) is 0 Å². The van der Waals surface area contributed by atoms with Gasteiger partial charge < -0.3 is 9.67 Å². The van der Waals surface area contributed by atoms with Crippen LogP contribution in [0.3, 0.4) is 0 Å². The van der Waals surface area contributed by atoms with Crippen molar-refractivity contribution in [2.24, 2.45) is 0 Å². The number of aryl methyl sites for hydroxylation is 1. The molecule has 1 N–H and O–H groups in total. The number of rotatable bonds is 5. The van der Waals surface area contributed by atoms with Crippen molar-refractivity contribution < 1.29 is 18.3 Å². The first kappa shape index (κ1) is 15.0. The Morgan fingerprint density at radius 2 is 2.14 bits per heavy atom. The third kappa shape index (κ3) is 2.75. The lowest BCUT2D eigenvalue weighted by atomic mass is 10.4. The van der Waals surface area contributed by atoms with Gasteiger partial charge in [0, 0.05) is 26.0 Å². The highest BCUT2D eigenvalue weighted by atomic mass is 32.2. The monoisotopic (exact) mass is 309 g/mol. The molecule has 0 bridgehead atoms. The summed E-state index contributed by atoms with van der Waals surface area (Å²) in [4.78, 5) is 15.0. The molecule has 2 aromatic rings. The molecule has 0 saturated carbocycles. The fourth-order valence-corrected chi connectivity index (χ4v) is 3.08. The standard InChI is InChI=1S/C13H15N3O4S/c1-3-16-9-10(8-11(16)13(17)18)21(19,20)15(2)12-6-4-5-7-14-12/h4-9H,3H2,1-2H3,(H,17,18). The first-order valence-electron chi connectivity index (χ1n) is 6.21. The number of sulfonamides is 1. The van der Waals surface area contributed by atoms with Crippen molar-refractivity contribution in [3.63, 3.8) is 0 Å². The van der Waals surface area contributed by atoms with E-state index in [1.165, 1.54) is 24.0 Å². The highest BCUT2D eigenvalue weighted by molar-refractivity contribution is 7.92. The number of carbonyl (C=O) groups is 1. The minimum absolute atomic E-state index is 0.0644. The second-order valence-corrected chi connectivity index (χ2v) is 6.28. The molecule has 0 fully saturated rings. The molecule has 2 aromatic heterocycles. The van der Waals surface area contributed by atoms with Crippen LogP contribution in [0.4, 0.5) is 5.82 Å². The number of nitrogens with zero attached hydrogens (tertiary/aromatic N) is 3. The maximum absolute atomic E-state index is 12.5. The normalized spacial score (nSPS) is 11.3. The van der Waals surface area contributed by atoms with E-state index in [-0.39, 0.29) is 16.4 Å². The van der Waals surface area contributed by atoms with Gasteiger partial charge in [0.15, 0.2) is 0 Å². The van der Waals surface area contributed by atoms with Crippen LogP contribution in [0.5, 0.6) is 0 Å². The molecule has 0 spiro atoms. The lowest BCUT2D eigenvalue weighted by Crippen LogP contribution is -2.27. The zero-order valence-electron chi connectivity index (χ0n) is 11.6. The second-order valence-electron chi connectivity index (χ2n) is 4.31. The van der Waals surface area contributed by atoms with Crippen LogP contribution in [0.1, 0.15) is 17.4 Å². The third-order valence-electron chi connectivity index (χ3n) is 3.06. The minimum atomic E-state index is -3.85. The summed E-state index contributed by atoms with van der Waals surface area (Å²) in [7, 11) is -2.47. The zero-order valence-corrected chi connectivity index (χ0v) is 12.4. The molecule has 0 saturated heterocycles. The van der Waals surface area contributed by atoms with E-state index >= 15 is 0 Å². The average molecular weight is 309 g/mol. The van der Waals surface area contributed by atoms with Crippen molar-refractivity contribution in [1.82, 2.24) is 9.55 Å². The number of aromatic carboxylic acids is 1. The van der Waals surface area contributed by atoms with Crippen LogP contribution in [-0.2, 0) is 16.6 Å². The quantitative estimate of drug-likeness (QED) is 0.902. The molecule has 0 aromatic carbocycles. The summed E-state index contributed by atoms with van der Waals surface area (Å²) < 4.78 is 27.4. The maximum Gasteiger partial charge on any atom is 0.352 e. The number of hydrogen-bond acceptors (Lipinski definition) is 4. The van der Waals surface area contributed by atoms with E-state index in [4.69, 9.17) is 5.11 Å². The van der Waals surface area contributed by atoms with Gasteiger partial charge in [-0.25, -0.2) is 18.2 Å². The Morgan fingerprint density at radius 1 is 1.43 bits per heavy atom. The van der Waals surface area contributed by atoms with E-state index in [2.05, 4.69) is 4.98 Å². The Bertz CT molecular complexity index is 753. The van der Waals surface area contributed by atoms with E-state index in [0.29, 0.717) is 6.54 Å². The highest BCUT2D eigenvalue weighted by Crippen LogP contribution is 2.22. The summed E-state index contributed by atoms with van der Waals surface area (Å²) in [6.07, 6.45) is 2.81. The maximum atomic E-state index is 12.5. The van der Waals surface area contributed by atoms with Gasteiger partial charge in [-0.15, -0.1) is 0 Å². The van der Waals surface area contributed by atoms with Crippen LogP contribution in [0.25, 0.3) is 0 Å². The van der Waals surface area contributed by atoms with Crippen molar-refractivity contribution in [2.75, 3.05) is 11.4 Å². The fraction of sp³-hybridized carbons (Fsp3) is 0.231. The Balaban J connectivity index is 2.47. The summed E-state index contributed by atoms with van der Waals surface area (Å²) in [6, 6.07) is 6.07. The van der Waals surface area contributed by atoms with Gasteiger partial charge >= 0.3 is 5.97 Å². The predicted molar refractivity (Wildman–Crippen MR) is 76.9 cm³/mol. The number of pyridine rings is 1. The van der Waals surface area contributed by atoms with Gasteiger partial charge in [0.2, 0.25) is 0 Å². The van der Waals surface area contributed by atoms with E-state index in [9.17, 15) is 13.2 Å². The van der Waals surface area contributed by atoms with Gasteiger partial charge in [0.1, 0.15) is 16.4 Å². The molecule has 0 aliphatic rings. The molecule has 0 amide bonds. The molecule has 0 aliphatic heterocycles. The van der Waals surface area contributed by atoms with Crippen LogP contribution in [0.15, 0.2) is 41.6 Å². The van der Waals surface area contributed by atoms with E-state index < -0.39 is 16.0 Å². The Morgan fingerprint density at radius 3 is 2.62 bits per heavy atom. The number of carboxylic acid groups (broad SMARTS) is 1. The Labute approximate surface area is 122 Å². The molecule has 2 heterocycles. The summed E-state index contributed by atoms with van der Waals surface area (Å²) in [5, 5.41) is 9.09. The molecule has 0 atom stereocenters. The summed E-state index contributed by atoms with van der Waals surface area (Å²) in [5.41, 5.74) is -0.0644. The number of carboxylic acids is 1. The number of aromatic nitrogens is 2. The number of anilines is 1. The predicted octanol–water partition coefficient (Wildman–Crippen LogP) is 1.43. The molecule has 21 heavy (non-hydrogen) atoms. The Kier molecular flexibility index (Phi) is 3.99. The minimum Gasteiger partial charge on any atom is -0.477 e. The highest BCUT2D eigenvalue weighted by Gasteiger charge is 2.26. The smallest absolute Gasteiger partial charge is 0.352 e. The number of hydrogen-bond donors (Lipinski definition) is 1. The molecule has 7 nitrogen and oxygen atoms in total.